The Morgan fingerprint density at radius 1 is 1.25 bits per heavy atom. The first kappa shape index (κ1) is 15.0. The molecule has 0 spiro atoms. The van der Waals surface area contributed by atoms with Gasteiger partial charge in [0.25, 0.3) is 5.56 Å². The van der Waals surface area contributed by atoms with E-state index in [1.165, 1.54) is 23.1 Å². The van der Waals surface area contributed by atoms with Crippen molar-refractivity contribution in [2.45, 2.75) is 10.9 Å². The first-order valence-corrected chi connectivity index (χ1v) is 8.97. The van der Waals surface area contributed by atoms with Crippen molar-refractivity contribution >= 4 is 28.1 Å². The van der Waals surface area contributed by atoms with E-state index < -0.39 is 0 Å². The molecule has 0 bridgehead atoms. The molecule has 0 N–H and O–H groups in total. The molecule has 0 radical (unpaired) electrons. The lowest BCUT2D eigenvalue weighted by molar-refractivity contribution is 0.793. The van der Waals surface area contributed by atoms with Crippen LogP contribution in [0.2, 0.25) is 0 Å². The molecule has 0 fully saturated rings. The van der Waals surface area contributed by atoms with E-state index in [1.807, 2.05) is 29.1 Å². The Morgan fingerprint density at radius 2 is 2.08 bits per heavy atom. The van der Waals surface area contributed by atoms with E-state index in [1.54, 1.807) is 29.1 Å². The topological polar surface area (TPSA) is 78.0 Å². The Hall–Kier alpha value is -2.52. The highest BCUT2D eigenvalue weighted by Gasteiger charge is 2.12. The monoisotopic (exact) mass is 356 g/mol. The molecule has 4 heterocycles. The predicted octanol–water partition coefficient (Wildman–Crippen LogP) is 2.24. The van der Waals surface area contributed by atoms with Crippen LogP contribution in [0.4, 0.5) is 0 Å². The minimum atomic E-state index is -0.0627. The van der Waals surface area contributed by atoms with Crippen LogP contribution < -0.4 is 5.56 Å². The zero-order valence-corrected chi connectivity index (χ0v) is 14.3. The van der Waals surface area contributed by atoms with Crippen molar-refractivity contribution < 1.29 is 0 Å². The molecular weight excluding hydrogens is 344 g/mol. The van der Waals surface area contributed by atoms with Gasteiger partial charge in [-0.1, -0.05) is 11.8 Å². The molecule has 0 atom stereocenters. The number of hydrogen-bond donors (Lipinski definition) is 0. The third kappa shape index (κ3) is 2.72. The third-order valence-electron chi connectivity index (χ3n) is 3.48. The summed E-state index contributed by atoms with van der Waals surface area (Å²) < 4.78 is 3.47. The van der Waals surface area contributed by atoms with Crippen LogP contribution in [0.5, 0.6) is 0 Å². The maximum atomic E-state index is 12.0. The Kier molecular flexibility index (Phi) is 3.87. The molecule has 7 nitrogen and oxygen atoms in total. The van der Waals surface area contributed by atoms with Gasteiger partial charge in [-0.3, -0.25) is 14.2 Å². The second-order valence-electron chi connectivity index (χ2n) is 5.03. The van der Waals surface area contributed by atoms with Gasteiger partial charge in [-0.2, -0.15) is 0 Å². The third-order valence-corrected chi connectivity index (χ3v) is 5.29. The Bertz CT molecular complexity index is 1050. The predicted molar refractivity (Wildman–Crippen MR) is 93.1 cm³/mol. The Labute approximate surface area is 145 Å². The molecule has 0 aromatic carbocycles. The van der Waals surface area contributed by atoms with Gasteiger partial charge in [0.2, 0.25) is 0 Å². The summed E-state index contributed by atoms with van der Waals surface area (Å²) in [6.45, 7) is 0. The minimum Gasteiger partial charge on any atom is -0.305 e. The average molecular weight is 356 g/mol. The number of thioether (sulfide) groups is 1. The van der Waals surface area contributed by atoms with Gasteiger partial charge < -0.3 is 4.57 Å². The van der Waals surface area contributed by atoms with Crippen LogP contribution in [0.25, 0.3) is 16.3 Å². The summed E-state index contributed by atoms with van der Waals surface area (Å²) in [7, 11) is 1.92. The van der Waals surface area contributed by atoms with Gasteiger partial charge in [0.05, 0.1) is 5.69 Å². The zero-order valence-electron chi connectivity index (χ0n) is 12.7. The molecule has 0 aliphatic rings. The second-order valence-corrected chi connectivity index (χ2v) is 6.85. The van der Waals surface area contributed by atoms with Gasteiger partial charge >= 0.3 is 0 Å². The van der Waals surface area contributed by atoms with E-state index in [9.17, 15) is 4.79 Å². The van der Waals surface area contributed by atoms with Crippen LogP contribution in [0, 0.1) is 0 Å². The zero-order chi connectivity index (χ0) is 16.5. The molecule has 0 aliphatic carbocycles. The summed E-state index contributed by atoms with van der Waals surface area (Å²) in [4.78, 5) is 21.2. The number of rotatable bonds is 4. The molecule has 4 aromatic rings. The van der Waals surface area contributed by atoms with Crippen LogP contribution in [-0.2, 0) is 12.8 Å². The number of pyridine rings is 1. The van der Waals surface area contributed by atoms with E-state index in [4.69, 9.17) is 0 Å². The second kappa shape index (κ2) is 6.17. The summed E-state index contributed by atoms with van der Waals surface area (Å²) in [6.07, 6.45) is 5.19. The maximum Gasteiger partial charge on any atom is 0.258 e. The van der Waals surface area contributed by atoms with Crippen LogP contribution in [-0.4, -0.2) is 29.1 Å². The first-order valence-electron chi connectivity index (χ1n) is 7.11. The van der Waals surface area contributed by atoms with Crippen molar-refractivity contribution in [1.82, 2.24) is 29.1 Å². The van der Waals surface area contributed by atoms with Gasteiger partial charge in [0.1, 0.15) is 0 Å². The first-order chi connectivity index (χ1) is 11.7. The van der Waals surface area contributed by atoms with Crippen LogP contribution in [0.15, 0.2) is 52.1 Å². The minimum absolute atomic E-state index is 0.0627. The van der Waals surface area contributed by atoms with Crippen LogP contribution >= 0.6 is 23.1 Å². The van der Waals surface area contributed by atoms with E-state index in [-0.39, 0.29) is 5.56 Å². The standard InChI is InChI=1S/C15H12N6OS2/c1-20-13(10-2-4-16-5-3-10)18-19-15(20)24-9-11-8-12(22)21-6-7-23-14(21)17-11/h2-8H,9H2,1H3. The molecule has 24 heavy (non-hydrogen) atoms. The van der Waals surface area contributed by atoms with E-state index in [0.717, 1.165) is 22.2 Å². The number of aromatic nitrogens is 6. The largest absolute Gasteiger partial charge is 0.305 e. The average Bonchev–Trinajstić information content (AvgIpc) is 3.21. The lowest BCUT2D eigenvalue weighted by atomic mass is 10.2. The maximum absolute atomic E-state index is 12.0. The summed E-state index contributed by atoms with van der Waals surface area (Å²) >= 11 is 2.95. The van der Waals surface area contributed by atoms with Gasteiger partial charge in [-0.05, 0) is 12.1 Å². The molecule has 0 saturated heterocycles. The summed E-state index contributed by atoms with van der Waals surface area (Å²) in [5.74, 6) is 1.34. The lowest BCUT2D eigenvalue weighted by Gasteiger charge is -2.03. The van der Waals surface area contributed by atoms with Crippen molar-refractivity contribution in [3.63, 3.8) is 0 Å². The number of hydrogen-bond acceptors (Lipinski definition) is 7. The highest BCUT2D eigenvalue weighted by atomic mass is 32.2. The summed E-state index contributed by atoms with van der Waals surface area (Å²) in [5, 5.41) is 11.1. The van der Waals surface area contributed by atoms with Crippen molar-refractivity contribution in [3.05, 3.63) is 58.2 Å². The Morgan fingerprint density at radius 3 is 2.92 bits per heavy atom. The summed E-state index contributed by atoms with van der Waals surface area (Å²) in [6, 6.07) is 5.35. The van der Waals surface area contributed by atoms with Crippen molar-refractivity contribution in [2.24, 2.45) is 7.05 Å². The molecule has 120 valence electrons. The highest BCUT2D eigenvalue weighted by molar-refractivity contribution is 7.98. The molecule has 0 saturated carbocycles. The van der Waals surface area contributed by atoms with Crippen LogP contribution in [0.1, 0.15) is 5.69 Å². The molecule has 9 heteroatoms. The van der Waals surface area contributed by atoms with Gasteiger partial charge in [-0.25, -0.2) is 4.98 Å². The Balaban J connectivity index is 1.57. The van der Waals surface area contributed by atoms with Crippen molar-refractivity contribution in [3.8, 4) is 11.4 Å². The van der Waals surface area contributed by atoms with E-state index in [0.29, 0.717) is 10.7 Å². The fourth-order valence-corrected chi connectivity index (χ4v) is 3.84. The molecule has 4 aromatic heterocycles. The van der Waals surface area contributed by atoms with E-state index in [2.05, 4.69) is 20.2 Å². The number of thiazole rings is 1. The highest BCUT2D eigenvalue weighted by Crippen LogP contribution is 2.24. The molecule has 0 unspecified atom stereocenters. The van der Waals surface area contributed by atoms with E-state index >= 15 is 0 Å². The normalized spacial score (nSPS) is 11.2. The van der Waals surface area contributed by atoms with Crippen molar-refractivity contribution in [2.75, 3.05) is 0 Å². The van der Waals surface area contributed by atoms with Crippen LogP contribution in [0.3, 0.4) is 0 Å². The van der Waals surface area contributed by atoms with Crippen molar-refractivity contribution in [1.29, 1.82) is 0 Å². The molecule has 0 aliphatic heterocycles. The number of fused-ring (bicyclic) bond motifs is 1. The van der Waals surface area contributed by atoms with Gasteiger partial charge in [-0.15, -0.1) is 21.5 Å². The number of nitrogens with zero attached hydrogens (tertiary/aromatic N) is 6. The fourth-order valence-electron chi connectivity index (χ4n) is 2.29. The van der Waals surface area contributed by atoms with Gasteiger partial charge in [0.15, 0.2) is 15.9 Å². The molecule has 4 rings (SSSR count). The quantitative estimate of drug-likeness (QED) is 0.522. The smallest absolute Gasteiger partial charge is 0.258 e. The fraction of sp³-hybridized carbons (Fsp3) is 0.133. The molecular formula is C15H12N6OS2. The SMILES string of the molecule is Cn1c(SCc2cc(=O)n3ccsc3n2)nnc1-c1ccncc1. The molecule has 0 amide bonds. The van der Waals surface area contributed by atoms with Gasteiger partial charge in [0, 0.05) is 48.4 Å². The summed E-state index contributed by atoms with van der Waals surface area (Å²) in [5.41, 5.74) is 1.64. The lowest BCUT2D eigenvalue weighted by Crippen LogP contribution is -2.12.